The molecule has 24 heavy (non-hydrogen) atoms. The highest BCUT2D eigenvalue weighted by molar-refractivity contribution is 5.95. The van der Waals surface area contributed by atoms with Crippen LogP contribution < -0.4 is 11.1 Å². The van der Waals surface area contributed by atoms with Crippen molar-refractivity contribution in [3.8, 4) is 0 Å². The second kappa shape index (κ2) is 7.23. The molecule has 0 atom stereocenters. The molecule has 0 radical (unpaired) electrons. The van der Waals surface area contributed by atoms with Crippen LogP contribution in [-0.2, 0) is 11.3 Å². The fourth-order valence-corrected chi connectivity index (χ4v) is 2.00. The Morgan fingerprint density at radius 2 is 1.79 bits per heavy atom. The molecule has 0 spiro atoms. The molecule has 0 bridgehead atoms. The topological polar surface area (TPSA) is 125 Å². The molecule has 8 nitrogen and oxygen atoms in total. The summed E-state index contributed by atoms with van der Waals surface area (Å²) < 4.78 is 4.60. The van der Waals surface area contributed by atoms with Crippen LogP contribution in [0.3, 0.4) is 0 Å². The van der Waals surface area contributed by atoms with Crippen LogP contribution in [-0.4, -0.2) is 23.9 Å². The van der Waals surface area contributed by atoms with E-state index in [0.717, 1.165) is 11.6 Å². The quantitative estimate of drug-likeness (QED) is 0.373. The third-order valence-corrected chi connectivity index (χ3v) is 3.32. The molecule has 2 rings (SSSR count). The van der Waals surface area contributed by atoms with E-state index >= 15 is 0 Å². The van der Waals surface area contributed by atoms with Crippen LogP contribution in [0.5, 0.6) is 0 Å². The number of nitro groups is 1. The van der Waals surface area contributed by atoms with E-state index in [9.17, 15) is 19.7 Å². The van der Waals surface area contributed by atoms with E-state index in [2.05, 4.69) is 10.1 Å². The van der Waals surface area contributed by atoms with Gasteiger partial charge in [-0.25, -0.2) is 4.79 Å². The number of nitrogens with zero attached hydrogens (tertiary/aromatic N) is 1. The van der Waals surface area contributed by atoms with Crippen molar-refractivity contribution in [2.45, 2.75) is 6.54 Å². The van der Waals surface area contributed by atoms with Crippen LogP contribution in [0.15, 0.2) is 42.5 Å². The Morgan fingerprint density at radius 3 is 2.38 bits per heavy atom. The largest absolute Gasteiger partial charge is 0.465 e. The zero-order valence-electron chi connectivity index (χ0n) is 12.8. The highest BCUT2D eigenvalue weighted by Gasteiger charge is 2.15. The van der Waals surface area contributed by atoms with Gasteiger partial charge in [0.25, 0.3) is 11.6 Å². The molecule has 2 aromatic carbocycles. The molecular formula is C16H15N3O5. The predicted octanol–water partition coefficient (Wildman–Crippen LogP) is 1.89. The van der Waals surface area contributed by atoms with Gasteiger partial charge < -0.3 is 15.8 Å². The molecule has 3 N–H and O–H groups in total. The lowest BCUT2D eigenvalue weighted by Gasteiger charge is -2.07. The smallest absolute Gasteiger partial charge is 0.337 e. The van der Waals surface area contributed by atoms with Crippen molar-refractivity contribution < 1.29 is 19.2 Å². The van der Waals surface area contributed by atoms with Gasteiger partial charge in [0, 0.05) is 18.2 Å². The van der Waals surface area contributed by atoms with E-state index in [-0.39, 0.29) is 23.5 Å². The summed E-state index contributed by atoms with van der Waals surface area (Å²) in [6.07, 6.45) is 0. The minimum atomic E-state index is -0.641. The van der Waals surface area contributed by atoms with Gasteiger partial charge in [0.2, 0.25) is 0 Å². The Kier molecular flexibility index (Phi) is 5.10. The van der Waals surface area contributed by atoms with Crippen LogP contribution in [0, 0.1) is 10.1 Å². The Balaban J connectivity index is 2.04. The number of nitrogens with one attached hydrogen (secondary N) is 1. The second-order valence-electron chi connectivity index (χ2n) is 4.90. The first-order valence-corrected chi connectivity index (χ1v) is 6.91. The van der Waals surface area contributed by atoms with Gasteiger partial charge in [0.15, 0.2) is 0 Å². The summed E-state index contributed by atoms with van der Waals surface area (Å²) in [4.78, 5) is 33.6. The maximum Gasteiger partial charge on any atom is 0.337 e. The van der Waals surface area contributed by atoms with Crippen molar-refractivity contribution in [2.75, 3.05) is 12.8 Å². The number of ether oxygens (including phenoxy) is 1. The highest BCUT2D eigenvalue weighted by Crippen LogP contribution is 2.22. The number of carbonyl (C=O) groups excluding carboxylic acids is 2. The van der Waals surface area contributed by atoms with Crippen LogP contribution in [0.1, 0.15) is 26.3 Å². The van der Waals surface area contributed by atoms with Crippen molar-refractivity contribution in [1.82, 2.24) is 5.32 Å². The number of esters is 1. The number of rotatable bonds is 5. The maximum atomic E-state index is 12.1. The third-order valence-electron chi connectivity index (χ3n) is 3.32. The third kappa shape index (κ3) is 3.86. The van der Waals surface area contributed by atoms with Gasteiger partial charge in [-0.3, -0.25) is 14.9 Å². The number of hydrogen-bond acceptors (Lipinski definition) is 6. The van der Waals surface area contributed by atoms with Crippen molar-refractivity contribution >= 4 is 23.3 Å². The normalized spacial score (nSPS) is 10.0. The average molecular weight is 329 g/mol. The lowest BCUT2D eigenvalue weighted by atomic mass is 10.1. The summed E-state index contributed by atoms with van der Waals surface area (Å²) in [6, 6.07) is 10.4. The number of benzene rings is 2. The molecule has 2 aromatic rings. The van der Waals surface area contributed by atoms with Gasteiger partial charge >= 0.3 is 5.97 Å². The number of amides is 1. The van der Waals surface area contributed by atoms with E-state index < -0.39 is 16.8 Å². The number of nitro benzene ring substituents is 1. The summed E-state index contributed by atoms with van der Waals surface area (Å²) >= 11 is 0. The van der Waals surface area contributed by atoms with Crippen LogP contribution >= 0.6 is 0 Å². The number of carbonyl (C=O) groups is 2. The summed E-state index contributed by atoms with van der Waals surface area (Å²) in [7, 11) is 1.29. The minimum Gasteiger partial charge on any atom is -0.465 e. The van der Waals surface area contributed by atoms with E-state index in [4.69, 9.17) is 5.73 Å². The summed E-state index contributed by atoms with van der Waals surface area (Å²) in [5.74, 6) is -0.907. The molecule has 8 heteroatoms. The fraction of sp³-hybridized carbons (Fsp3) is 0.125. The van der Waals surface area contributed by atoms with Gasteiger partial charge in [-0.15, -0.1) is 0 Å². The molecule has 1 amide bonds. The lowest BCUT2D eigenvalue weighted by Crippen LogP contribution is -2.23. The Morgan fingerprint density at radius 1 is 1.17 bits per heavy atom. The van der Waals surface area contributed by atoms with Crippen molar-refractivity contribution in [3.63, 3.8) is 0 Å². The molecule has 0 fully saturated rings. The highest BCUT2D eigenvalue weighted by atomic mass is 16.6. The van der Waals surface area contributed by atoms with Crippen LogP contribution in [0.4, 0.5) is 11.4 Å². The average Bonchev–Trinajstić information content (AvgIpc) is 2.59. The molecule has 0 unspecified atom stereocenters. The molecule has 0 aromatic heterocycles. The van der Waals surface area contributed by atoms with E-state index in [1.54, 1.807) is 24.3 Å². The maximum absolute atomic E-state index is 12.1. The van der Waals surface area contributed by atoms with Gasteiger partial charge in [-0.1, -0.05) is 12.1 Å². The molecule has 0 saturated carbocycles. The number of hydrogen-bond donors (Lipinski definition) is 2. The summed E-state index contributed by atoms with van der Waals surface area (Å²) in [6.45, 7) is 0.207. The van der Waals surface area contributed by atoms with Gasteiger partial charge in [-0.05, 0) is 29.8 Å². The molecule has 0 heterocycles. The zero-order valence-corrected chi connectivity index (χ0v) is 12.8. The van der Waals surface area contributed by atoms with Crippen molar-refractivity contribution in [2.24, 2.45) is 0 Å². The molecule has 124 valence electrons. The standard InChI is InChI=1S/C16H15N3O5/c1-24-16(21)11-4-2-10(3-5-11)9-18-15(20)12-6-7-13(17)14(8-12)19(22)23/h2-8H,9,17H2,1H3,(H,18,20). The summed E-state index contributed by atoms with van der Waals surface area (Å²) in [5.41, 5.74) is 6.48. The zero-order chi connectivity index (χ0) is 17.7. The predicted molar refractivity (Wildman–Crippen MR) is 86.5 cm³/mol. The monoisotopic (exact) mass is 329 g/mol. The van der Waals surface area contributed by atoms with Gasteiger partial charge in [0.05, 0.1) is 17.6 Å². The number of nitrogens with two attached hydrogens (primary N) is 1. The molecule has 0 aliphatic carbocycles. The summed E-state index contributed by atoms with van der Waals surface area (Å²) in [5, 5.41) is 13.5. The molecular weight excluding hydrogens is 314 g/mol. The Hall–Kier alpha value is -3.42. The Bertz CT molecular complexity index is 787. The number of anilines is 1. The van der Waals surface area contributed by atoms with E-state index in [1.807, 2.05) is 0 Å². The fourth-order valence-electron chi connectivity index (χ4n) is 2.00. The van der Waals surface area contributed by atoms with E-state index in [1.165, 1.54) is 19.2 Å². The first-order valence-electron chi connectivity index (χ1n) is 6.91. The molecule has 0 saturated heterocycles. The van der Waals surface area contributed by atoms with Gasteiger partial charge in [-0.2, -0.15) is 0 Å². The second-order valence-corrected chi connectivity index (χ2v) is 4.90. The van der Waals surface area contributed by atoms with Gasteiger partial charge in [0.1, 0.15) is 5.69 Å². The van der Waals surface area contributed by atoms with Crippen molar-refractivity contribution in [3.05, 3.63) is 69.3 Å². The van der Waals surface area contributed by atoms with E-state index in [0.29, 0.717) is 5.56 Å². The first-order chi connectivity index (χ1) is 11.4. The number of nitrogen functional groups attached to an aromatic ring is 1. The van der Waals surface area contributed by atoms with Crippen LogP contribution in [0.2, 0.25) is 0 Å². The lowest BCUT2D eigenvalue weighted by molar-refractivity contribution is -0.383. The Labute approximate surface area is 137 Å². The van der Waals surface area contributed by atoms with Crippen LogP contribution in [0.25, 0.3) is 0 Å². The number of methoxy groups -OCH3 is 1. The molecule has 0 aliphatic heterocycles. The first kappa shape index (κ1) is 16.9. The van der Waals surface area contributed by atoms with Crippen molar-refractivity contribution in [1.29, 1.82) is 0 Å². The minimum absolute atomic E-state index is 0.00468. The SMILES string of the molecule is COC(=O)c1ccc(CNC(=O)c2ccc(N)c([N+](=O)[O-])c2)cc1. The molecule has 0 aliphatic rings.